The summed E-state index contributed by atoms with van der Waals surface area (Å²) in [6.45, 7) is 2.36. The van der Waals surface area contributed by atoms with E-state index in [1.54, 1.807) is 31.2 Å². The molecule has 1 saturated heterocycles. The predicted octanol–water partition coefficient (Wildman–Crippen LogP) is 2.92. The molecule has 0 saturated carbocycles. The van der Waals surface area contributed by atoms with Crippen LogP contribution in [0, 0.1) is 0 Å². The number of ether oxygens (including phenoxy) is 1. The number of hydrogen-bond acceptors (Lipinski definition) is 3. The predicted molar refractivity (Wildman–Crippen MR) is 67.3 cm³/mol. The molecule has 0 aliphatic carbocycles. The third-order valence-electron chi connectivity index (χ3n) is 3.21. The van der Waals surface area contributed by atoms with Crippen molar-refractivity contribution in [2.24, 2.45) is 0 Å². The van der Waals surface area contributed by atoms with Crippen molar-refractivity contribution in [1.29, 1.82) is 0 Å². The van der Waals surface area contributed by atoms with E-state index in [1.165, 1.54) is 0 Å². The number of esters is 1. The number of rotatable bonds is 3. The molecule has 0 bridgehead atoms. The largest absolute Gasteiger partial charge is 0.462 e. The van der Waals surface area contributed by atoms with Crippen molar-refractivity contribution >= 4 is 5.97 Å². The summed E-state index contributed by atoms with van der Waals surface area (Å²) in [6, 6.07) is 6.26. The van der Waals surface area contributed by atoms with Gasteiger partial charge in [-0.2, -0.15) is 0 Å². The lowest BCUT2D eigenvalue weighted by Crippen LogP contribution is -2.38. The molecule has 0 spiro atoms. The minimum absolute atomic E-state index is 0.121. The molecule has 1 aromatic rings. The zero-order chi connectivity index (χ0) is 13.9. The van der Waals surface area contributed by atoms with Crippen LogP contribution in [0.4, 0.5) is 8.78 Å². The molecular formula is C14H17F2NO2. The number of hydrogen-bond donors (Lipinski definition) is 1. The van der Waals surface area contributed by atoms with Crippen LogP contribution in [-0.4, -0.2) is 25.0 Å². The van der Waals surface area contributed by atoms with Crippen molar-refractivity contribution in [3.63, 3.8) is 0 Å². The molecule has 1 unspecified atom stereocenters. The lowest BCUT2D eigenvalue weighted by atomic mass is 9.94. The second-order valence-corrected chi connectivity index (χ2v) is 4.66. The second-order valence-electron chi connectivity index (χ2n) is 4.66. The van der Waals surface area contributed by atoms with E-state index in [1.807, 2.05) is 0 Å². The van der Waals surface area contributed by atoms with Crippen LogP contribution in [0.25, 0.3) is 0 Å². The fraction of sp³-hybridized carbons (Fsp3) is 0.500. The molecule has 1 aliphatic heterocycles. The van der Waals surface area contributed by atoms with E-state index in [0.29, 0.717) is 18.7 Å². The number of carbonyl (C=O) groups is 1. The molecule has 104 valence electrons. The maximum atomic E-state index is 13.3. The highest BCUT2D eigenvalue weighted by molar-refractivity contribution is 5.89. The molecule has 1 aromatic carbocycles. The summed E-state index contributed by atoms with van der Waals surface area (Å²) in [5.41, 5.74) is 1.21. The Bertz CT molecular complexity index is 445. The Labute approximate surface area is 111 Å². The van der Waals surface area contributed by atoms with Gasteiger partial charge < -0.3 is 10.1 Å². The number of piperidine rings is 1. The van der Waals surface area contributed by atoms with E-state index in [9.17, 15) is 13.6 Å². The summed E-state index contributed by atoms with van der Waals surface area (Å²) < 4.78 is 31.5. The van der Waals surface area contributed by atoms with Crippen LogP contribution >= 0.6 is 0 Å². The Morgan fingerprint density at radius 1 is 1.42 bits per heavy atom. The van der Waals surface area contributed by atoms with Crippen LogP contribution in [-0.2, 0) is 4.74 Å². The van der Waals surface area contributed by atoms with Gasteiger partial charge in [0, 0.05) is 25.4 Å². The maximum absolute atomic E-state index is 13.3. The average molecular weight is 269 g/mol. The highest BCUT2D eigenvalue weighted by Gasteiger charge is 2.36. The van der Waals surface area contributed by atoms with E-state index >= 15 is 0 Å². The molecule has 5 heteroatoms. The molecule has 1 fully saturated rings. The Morgan fingerprint density at radius 2 is 2.11 bits per heavy atom. The van der Waals surface area contributed by atoms with Gasteiger partial charge in [0.05, 0.1) is 12.2 Å². The van der Waals surface area contributed by atoms with Gasteiger partial charge in [-0.25, -0.2) is 13.6 Å². The zero-order valence-corrected chi connectivity index (χ0v) is 10.8. The summed E-state index contributed by atoms with van der Waals surface area (Å²) in [5, 5.41) is 3.07. The van der Waals surface area contributed by atoms with E-state index in [2.05, 4.69) is 5.32 Å². The smallest absolute Gasteiger partial charge is 0.338 e. The first-order valence-electron chi connectivity index (χ1n) is 6.40. The highest BCUT2D eigenvalue weighted by atomic mass is 19.3. The van der Waals surface area contributed by atoms with Crippen LogP contribution in [0.1, 0.15) is 41.7 Å². The molecule has 1 N–H and O–H groups in total. The highest BCUT2D eigenvalue weighted by Crippen LogP contribution is 2.34. The molecule has 1 atom stereocenters. The van der Waals surface area contributed by atoms with Gasteiger partial charge in [-0.1, -0.05) is 12.1 Å². The molecule has 0 amide bonds. The van der Waals surface area contributed by atoms with Crippen molar-refractivity contribution in [2.75, 3.05) is 13.2 Å². The van der Waals surface area contributed by atoms with Crippen molar-refractivity contribution in [3.05, 3.63) is 35.4 Å². The Balaban J connectivity index is 2.08. The fourth-order valence-electron chi connectivity index (χ4n) is 2.20. The van der Waals surface area contributed by atoms with Crippen LogP contribution in [0.5, 0.6) is 0 Å². The Kier molecular flexibility index (Phi) is 4.14. The molecule has 2 rings (SSSR count). The van der Waals surface area contributed by atoms with E-state index < -0.39 is 11.9 Å². The van der Waals surface area contributed by atoms with Crippen molar-refractivity contribution in [3.8, 4) is 0 Å². The topological polar surface area (TPSA) is 38.3 Å². The number of nitrogens with one attached hydrogen (secondary N) is 1. The number of halogens is 2. The standard InChI is InChI=1S/C14H17F2NO2/c1-2-19-13(18)11-5-3-10(4-6-11)12-9-14(15,16)7-8-17-12/h3-6,12,17H,2,7-9H2,1H3. The minimum atomic E-state index is -2.62. The summed E-state index contributed by atoms with van der Waals surface area (Å²) in [6.07, 6.45) is -0.323. The molecule has 0 radical (unpaired) electrons. The molecule has 3 nitrogen and oxygen atoms in total. The lowest BCUT2D eigenvalue weighted by molar-refractivity contribution is -0.0415. The first-order valence-corrected chi connectivity index (χ1v) is 6.40. The quantitative estimate of drug-likeness (QED) is 0.857. The van der Waals surface area contributed by atoms with Crippen LogP contribution in [0.15, 0.2) is 24.3 Å². The van der Waals surface area contributed by atoms with Crippen molar-refractivity contribution in [1.82, 2.24) is 5.32 Å². The summed E-state index contributed by atoms with van der Waals surface area (Å²) >= 11 is 0. The van der Waals surface area contributed by atoms with Gasteiger partial charge in [0.25, 0.3) is 5.92 Å². The fourth-order valence-corrected chi connectivity index (χ4v) is 2.20. The number of carbonyl (C=O) groups excluding carboxylic acids is 1. The molecular weight excluding hydrogens is 252 g/mol. The van der Waals surface area contributed by atoms with Crippen molar-refractivity contribution in [2.45, 2.75) is 31.7 Å². The van der Waals surface area contributed by atoms with Gasteiger partial charge in [-0.15, -0.1) is 0 Å². The summed E-state index contributed by atoms with van der Waals surface area (Å²) in [4.78, 5) is 11.5. The maximum Gasteiger partial charge on any atom is 0.338 e. The van der Waals surface area contributed by atoms with Gasteiger partial charge in [0.2, 0.25) is 0 Å². The molecule has 1 aliphatic rings. The normalized spacial score (nSPS) is 21.9. The Hall–Kier alpha value is -1.49. The van der Waals surface area contributed by atoms with Crippen LogP contribution < -0.4 is 5.32 Å². The van der Waals surface area contributed by atoms with E-state index in [-0.39, 0.29) is 18.9 Å². The number of benzene rings is 1. The first kappa shape index (κ1) is 13.9. The monoisotopic (exact) mass is 269 g/mol. The third-order valence-corrected chi connectivity index (χ3v) is 3.21. The van der Waals surface area contributed by atoms with Crippen LogP contribution in [0.3, 0.4) is 0 Å². The minimum Gasteiger partial charge on any atom is -0.462 e. The number of alkyl halides is 2. The van der Waals surface area contributed by atoms with Gasteiger partial charge in [0.1, 0.15) is 0 Å². The summed E-state index contributed by atoms with van der Waals surface area (Å²) in [5.74, 6) is -3.01. The lowest BCUT2D eigenvalue weighted by Gasteiger charge is -2.30. The molecule has 1 heterocycles. The second kappa shape index (κ2) is 5.65. The average Bonchev–Trinajstić information content (AvgIpc) is 2.38. The van der Waals surface area contributed by atoms with E-state index in [4.69, 9.17) is 4.74 Å². The van der Waals surface area contributed by atoms with Gasteiger partial charge >= 0.3 is 5.97 Å². The Morgan fingerprint density at radius 3 is 2.68 bits per heavy atom. The summed E-state index contributed by atoms with van der Waals surface area (Å²) in [7, 11) is 0. The van der Waals surface area contributed by atoms with Gasteiger partial charge in [-0.3, -0.25) is 0 Å². The van der Waals surface area contributed by atoms with Crippen LogP contribution in [0.2, 0.25) is 0 Å². The first-order chi connectivity index (χ1) is 9.02. The van der Waals surface area contributed by atoms with Crippen molar-refractivity contribution < 1.29 is 18.3 Å². The SMILES string of the molecule is CCOC(=O)c1ccc(C2CC(F)(F)CCN2)cc1. The van der Waals surface area contributed by atoms with Gasteiger partial charge in [-0.05, 0) is 24.6 Å². The third kappa shape index (κ3) is 3.50. The molecule has 19 heavy (non-hydrogen) atoms. The zero-order valence-electron chi connectivity index (χ0n) is 10.8. The molecule has 0 aromatic heterocycles. The van der Waals surface area contributed by atoms with E-state index in [0.717, 1.165) is 5.56 Å². The van der Waals surface area contributed by atoms with Gasteiger partial charge in [0.15, 0.2) is 0 Å².